The summed E-state index contributed by atoms with van der Waals surface area (Å²) in [4.78, 5) is 28.4. The highest BCUT2D eigenvalue weighted by atomic mass is 35.5. The molecular weight excluding hydrogens is 333 g/mol. The lowest BCUT2D eigenvalue weighted by molar-refractivity contribution is -0.138. The Labute approximate surface area is 147 Å². The quantitative estimate of drug-likeness (QED) is 0.879. The molecule has 2 N–H and O–H groups in total. The Morgan fingerprint density at radius 1 is 1.04 bits per heavy atom. The molecule has 1 saturated heterocycles. The third-order valence-corrected chi connectivity index (χ3v) is 4.85. The van der Waals surface area contributed by atoms with Crippen molar-refractivity contribution in [2.75, 3.05) is 26.2 Å². The summed E-state index contributed by atoms with van der Waals surface area (Å²) in [6.45, 7) is 1.88. The Balaban J connectivity index is 0.00000208. The first-order valence-electron chi connectivity index (χ1n) is 8.13. The number of rotatable bonds is 2. The highest BCUT2D eigenvalue weighted by molar-refractivity contribution is 5.94. The van der Waals surface area contributed by atoms with Gasteiger partial charge in [-0.2, -0.15) is 0 Å². The van der Waals surface area contributed by atoms with Crippen molar-refractivity contribution in [2.45, 2.75) is 31.2 Å². The van der Waals surface area contributed by atoms with Crippen molar-refractivity contribution in [3.8, 4) is 0 Å². The maximum absolute atomic E-state index is 13.2. The summed E-state index contributed by atoms with van der Waals surface area (Å²) in [5.74, 6) is -0.608. The number of benzene rings is 1. The summed E-state index contributed by atoms with van der Waals surface area (Å²) < 4.78 is 13.2. The highest BCUT2D eigenvalue weighted by Gasteiger charge is 2.40. The van der Waals surface area contributed by atoms with E-state index in [9.17, 15) is 14.0 Å². The summed E-state index contributed by atoms with van der Waals surface area (Å²) >= 11 is 0. The smallest absolute Gasteiger partial charge is 0.254 e. The van der Waals surface area contributed by atoms with Crippen LogP contribution in [-0.2, 0) is 4.79 Å². The van der Waals surface area contributed by atoms with Crippen LogP contribution in [0.1, 0.15) is 36.0 Å². The molecule has 0 unspecified atom stereocenters. The summed E-state index contributed by atoms with van der Waals surface area (Å²) in [5.41, 5.74) is 5.85. The largest absolute Gasteiger partial charge is 0.338 e. The average Bonchev–Trinajstić information content (AvgIpc) is 3.01. The Hall–Kier alpha value is -1.66. The van der Waals surface area contributed by atoms with Crippen molar-refractivity contribution in [2.24, 2.45) is 5.73 Å². The van der Waals surface area contributed by atoms with Gasteiger partial charge in [-0.05, 0) is 31.0 Å². The number of amides is 2. The molecule has 0 aromatic heterocycles. The van der Waals surface area contributed by atoms with Crippen molar-refractivity contribution in [1.82, 2.24) is 9.80 Å². The second-order valence-corrected chi connectivity index (χ2v) is 6.46. The Bertz CT molecular complexity index is 612. The molecule has 0 radical (unpaired) electrons. The molecule has 1 aliphatic carbocycles. The van der Waals surface area contributed by atoms with Gasteiger partial charge < -0.3 is 15.5 Å². The zero-order valence-electron chi connectivity index (χ0n) is 13.5. The van der Waals surface area contributed by atoms with E-state index in [-0.39, 0.29) is 24.2 Å². The molecule has 0 atom stereocenters. The minimum atomic E-state index is -0.714. The van der Waals surface area contributed by atoms with Crippen LogP contribution in [0.5, 0.6) is 0 Å². The summed E-state index contributed by atoms with van der Waals surface area (Å²) in [7, 11) is 0. The maximum atomic E-state index is 13.2. The number of piperazine rings is 1. The summed E-state index contributed by atoms with van der Waals surface area (Å²) in [6, 6.07) is 5.69. The number of carbonyl (C=O) groups is 2. The number of nitrogens with zero attached hydrogens (tertiary/aromatic N) is 2. The lowest BCUT2D eigenvalue weighted by Gasteiger charge is -2.38. The first-order valence-corrected chi connectivity index (χ1v) is 8.13. The zero-order chi connectivity index (χ0) is 16.4. The fourth-order valence-electron chi connectivity index (χ4n) is 3.45. The molecule has 7 heteroatoms. The molecule has 1 aromatic rings. The molecule has 5 nitrogen and oxygen atoms in total. The molecule has 24 heavy (non-hydrogen) atoms. The second-order valence-electron chi connectivity index (χ2n) is 6.46. The first-order chi connectivity index (χ1) is 11.0. The monoisotopic (exact) mass is 355 g/mol. The maximum Gasteiger partial charge on any atom is 0.254 e. The molecule has 2 fully saturated rings. The van der Waals surface area contributed by atoms with Gasteiger partial charge in [0.25, 0.3) is 5.91 Å². The van der Waals surface area contributed by atoms with Crippen LogP contribution >= 0.6 is 12.4 Å². The summed E-state index contributed by atoms with van der Waals surface area (Å²) in [6.07, 6.45) is 3.49. The number of halogens is 2. The van der Waals surface area contributed by atoms with Crippen LogP contribution in [-0.4, -0.2) is 53.3 Å². The molecule has 132 valence electrons. The van der Waals surface area contributed by atoms with Gasteiger partial charge >= 0.3 is 0 Å². The Morgan fingerprint density at radius 3 is 2.21 bits per heavy atom. The number of hydrogen-bond acceptors (Lipinski definition) is 3. The van der Waals surface area contributed by atoms with Crippen LogP contribution in [0.3, 0.4) is 0 Å². The van der Waals surface area contributed by atoms with Gasteiger partial charge in [-0.1, -0.05) is 18.9 Å². The molecule has 0 spiro atoms. The topological polar surface area (TPSA) is 66.6 Å². The normalized spacial score (nSPS) is 19.8. The molecule has 1 saturated carbocycles. The third-order valence-electron chi connectivity index (χ3n) is 4.85. The predicted molar refractivity (Wildman–Crippen MR) is 91.5 cm³/mol. The van der Waals surface area contributed by atoms with E-state index in [1.165, 1.54) is 18.2 Å². The van der Waals surface area contributed by atoms with Gasteiger partial charge in [-0.15, -0.1) is 12.4 Å². The summed E-state index contributed by atoms with van der Waals surface area (Å²) in [5, 5.41) is 0. The van der Waals surface area contributed by atoms with Gasteiger partial charge in [0, 0.05) is 31.7 Å². The van der Waals surface area contributed by atoms with E-state index in [0.29, 0.717) is 31.7 Å². The molecule has 3 rings (SSSR count). The van der Waals surface area contributed by atoms with Crippen LogP contribution in [0.2, 0.25) is 0 Å². The number of nitrogens with two attached hydrogens (primary N) is 1. The van der Waals surface area contributed by atoms with Crippen molar-refractivity contribution >= 4 is 24.2 Å². The van der Waals surface area contributed by atoms with Crippen LogP contribution in [0.4, 0.5) is 4.39 Å². The van der Waals surface area contributed by atoms with E-state index < -0.39 is 11.4 Å². The van der Waals surface area contributed by atoms with Gasteiger partial charge in [0.2, 0.25) is 5.91 Å². The molecule has 0 bridgehead atoms. The predicted octanol–water partition coefficient (Wildman–Crippen LogP) is 1.80. The lowest BCUT2D eigenvalue weighted by Crippen LogP contribution is -2.59. The first kappa shape index (κ1) is 18.7. The molecule has 1 aliphatic heterocycles. The van der Waals surface area contributed by atoms with E-state index in [1.54, 1.807) is 15.9 Å². The van der Waals surface area contributed by atoms with Crippen LogP contribution < -0.4 is 5.73 Å². The number of hydrogen-bond donors (Lipinski definition) is 1. The van der Waals surface area contributed by atoms with Crippen molar-refractivity contribution in [1.29, 1.82) is 0 Å². The zero-order valence-corrected chi connectivity index (χ0v) is 14.4. The molecule has 2 amide bonds. The minimum absolute atomic E-state index is 0. The van der Waals surface area contributed by atoms with Gasteiger partial charge in [-0.3, -0.25) is 9.59 Å². The molecule has 1 aromatic carbocycles. The van der Waals surface area contributed by atoms with Gasteiger partial charge in [0.05, 0.1) is 5.54 Å². The Morgan fingerprint density at radius 2 is 1.62 bits per heavy atom. The van der Waals surface area contributed by atoms with E-state index >= 15 is 0 Å². The minimum Gasteiger partial charge on any atom is -0.338 e. The van der Waals surface area contributed by atoms with Gasteiger partial charge in [-0.25, -0.2) is 4.39 Å². The standard InChI is InChI=1S/C17H22FN3O2.ClH/c18-14-5-3-4-13(12-14)15(22)20-8-10-21(11-9-20)16(23)17(19)6-1-2-7-17;/h3-5,12H,1-2,6-11,19H2;1H. The second kappa shape index (κ2) is 7.49. The van der Waals surface area contributed by atoms with E-state index in [0.717, 1.165) is 25.7 Å². The average molecular weight is 356 g/mol. The van der Waals surface area contributed by atoms with Crippen molar-refractivity contribution in [3.05, 3.63) is 35.6 Å². The van der Waals surface area contributed by atoms with Crippen LogP contribution in [0.25, 0.3) is 0 Å². The SMILES string of the molecule is Cl.NC1(C(=O)N2CCN(C(=O)c3cccc(F)c3)CC2)CCCC1. The lowest BCUT2D eigenvalue weighted by atomic mass is 9.97. The van der Waals surface area contributed by atoms with E-state index in [4.69, 9.17) is 5.73 Å². The molecule has 2 aliphatic rings. The molecule has 1 heterocycles. The highest BCUT2D eigenvalue weighted by Crippen LogP contribution is 2.29. The van der Waals surface area contributed by atoms with Gasteiger partial charge in [0.1, 0.15) is 5.82 Å². The van der Waals surface area contributed by atoms with E-state index in [1.807, 2.05) is 0 Å². The van der Waals surface area contributed by atoms with Crippen molar-refractivity contribution in [3.63, 3.8) is 0 Å². The van der Waals surface area contributed by atoms with Crippen LogP contribution in [0, 0.1) is 5.82 Å². The number of carbonyl (C=O) groups excluding carboxylic acids is 2. The third kappa shape index (κ3) is 3.70. The van der Waals surface area contributed by atoms with Crippen molar-refractivity contribution < 1.29 is 14.0 Å². The Kier molecular flexibility index (Phi) is 5.83. The fourth-order valence-corrected chi connectivity index (χ4v) is 3.45. The van der Waals surface area contributed by atoms with Crippen LogP contribution in [0.15, 0.2) is 24.3 Å². The van der Waals surface area contributed by atoms with Gasteiger partial charge in [0.15, 0.2) is 0 Å². The fraction of sp³-hybridized carbons (Fsp3) is 0.529. The molecular formula is C17H23ClFN3O2. The van der Waals surface area contributed by atoms with E-state index in [2.05, 4.69) is 0 Å².